The van der Waals surface area contributed by atoms with Crippen molar-refractivity contribution in [2.24, 2.45) is 11.3 Å². The Morgan fingerprint density at radius 2 is 2.06 bits per heavy atom. The molecular weight excluding hydrogens is 214 g/mol. The zero-order valence-corrected chi connectivity index (χ0v) is 12.1. The van der Waals surface area contributed by atoms with E-state index in [9.17, 15) is 5.11 Å². The fourth-order valence-electron chi connectivity index (χ4n) is 2.76. The van der Waals surface area contributed by atoms with E-state index >= 15 is 0 Å². The van der Waals surface area contributed by atoms with Gasteiger partial charge in [0.2, 0.25) is 0 Å². The lowest BCUT2D eigenvalue weighted by Gasteiger charge is -2.32. The molecule has 0 saturated heterocycles. The van der Waals surface area contributed by atoms with Gasteiger partial charge in [0.05, 0.1) is 12.7 Å². The van der Waals surface area contributed by atoms with Crippen LogP contribution in [-0.2, 0) is 4.74 Å². The van der Waals surface area contributed by atoms with Gasteiger partial charge in [0.15, 0.2) is 0 Å². The standard InChI is InChI=1S/C14H29NO2/c1-11(2)15(8-9-17-5)10-12-6-7-14(3,4)13(12)16/h11-13,16H,6-10H2,1-5H3. The van der Waals surface area contributed by atoms with E-state index < -0.39 is 0 Å². The molecule has 0 aromatic rings. The highest BCUT2D eigenvalue weighted by molar-refractivity contribution is 4.92. The van der Waals surface area contributed by atoms with Gasteiger partial charge >= 0.3 is 0 Å². The number of hydrogen-bond donors (Lipinski definition) is 1. The van der Waals surface area contributed by atoms with Crippen molar-refractivity contribution in [2.45, 2.75) is 52.7 Å². The fourth-order valence-corrected chi connectivity index (χ4v) is 2.76. The first-order valence-electron chi connectivity index (χ1n) is 6.79. The van der Waals surface area contributed by atoms with E-state index in [0.717, 1.165) is 32.5 Å². The van der Waals surface area contributed by atoms with Gasteiger partial charge in [0.1, 0.15) is 0 Å². The van der Waals surface area contributed by atoms with Crippen molar-refractivity contribution in [1.82, 2.24) is 4.90 Å². The first-order chi connectivity index (χ1) is 7.88. The summed E-state index contributed by atoms with van der Waals surface area (Å²) < 4.78 is 5.15. The fraction of sp³-hybridized carbons (Fsp3) is 1.00. The van der Waals surface area contributed by atoms with Crippen LogP contribution in [0.4, 0.5) is 0 Å². The third-order valence-corrected chi connectivity index (χ3v) is 4.19. The second-order valence-corrected chi connectivity index (χ2v) is 6.31. The molecule has 1 rings (SSSR count). The first kappa shape index (κ1) is 14.9. The molecule has 1 aliphatic carbocycles. The summed E-state index contributed by atoms with van der Waals surface area (Å²) in [6, 6.07) is 0.515. The van der Waals surface area contributed by atoms with Crippen molar-refractivity contribution < 1.29 is 9.84 Å². The lowest BCUT2D eigenvalue weighted by atomic mass is 9.87. The van der Waals surface area contributed by atoms with E-state index in [2.05, 4.69) is 32.6 Å². The van der Waals surface area contributed by atoms with Gasteiger partial charge in [-0.3, -0.25) is 4.90 Å². The van der Waals surface area contributed by atoms with Gasteiger partial charge in [-0.2, -0.15) is 0 Å². The maximum atomic E-state index is 10.3. The molecule has 2 unspecified atom stereocenters. The third-order valence-electron chi connectivity index (χ3n) is 4.19. The summed E-state index contributed by atoms with van der Waals surface area (Å²) in [7, 11) is 1.74. The molecule has 2 atom stereocenters. The van der Waals surface area contributed by atoms with E-state index in [0.29, 0.717) is 12.0 Å². The second-order valence-electron chi connectivity index (χ2n) is 6.31. The number of methoxy groups -OCH3 is 1. The minimum absolute atomic E-state index is 0.0918. The number of ether oxygens (including phenoxy) is 1. The summed E-state index contributed by atoms with van der Waals surface area (Å²) in [5, 5.41) is 10.3. The SMILES string of the molecule is COCCN(CC1CCC(C)(C)C1O)C(C)C. The molecule has 3 heteroatoms. The molecule has 3 nitrogen and oxygen atoms in total. The number of hydrogen-bond acceptors (Lipinski definition) is 3. The van der Waals surface area contributed by atoms with Gasteiger partial charge in [0.25, 0.3) is 0 Å². The van der Waals surface area contributed by atoms with Gasteiger partial charge in [0, 0.05) is 26.2 Å². The predicted molar refractivity (Wildman–Crippen MR) is 71.1 cm³/mol. The summed E-state index contributed by atoms with van der Waals surface area (Å²) in [6.45, 7) is 11.5. The molecule has 0 aromatic heterocycles. The zero-order chi connectivity index (χ0) is 13.1. The third kappa shape index (κ3) is 3.94. The van der Waals surface area contributed by atoms with Crippen LogP contribution in [0.15, 0.2) is 0 Å². The van der Waals surface area contributed by atoms with Crippen LogP contribution in [0.1, 0.15) is 40.5 Å². The molecule has 1 aliphatic rings. The van der Waals surface area contributed by atoms with Crippen LogP contribution in [0.2, 0.25) is 0 Å². The quantitative estimate of drug-likeness (QED) is 0.776. The van der Waals surface area contributed by atoms with Crippen molar-refractivity contribution in [1.29, 1.82) is 0 Å². The molecule has 1 N–H and O–H groups in total. The molecule has 0 spiro atoms. The van der Waals surface area contributed by atoms with E-state index in [-0.39, 0.29) is 11.5 Å². The van der Waals surface area contributed by atoms with Crippen molar-refractivity contribution >= 4 is 0 Å². The van der Waals surface area contributed by atoms with Crippen LogP contribution >= 0.6 is 0 Å². The lowest BCUT2D eigenvalue weighted by molar-refractivity contribution is 0.0239. The largest absolute Gasteiger partial charge is 0.392 e. The average molecular weight is 243 g/mol. The van der Waals surface area contributed by atoms with E-state index in [1.807, 2.05) is 0 Å². The van der Waals surface area contributed by atoms with Crippen LogP contribution in [0.3, 0.4) is 0 Å². The lowest BCUT2D eigenvalue weighted by Crippen LogP contribution is -2.41. The van der Waals surface area contributed by atoms with Gasteiger partial charge < -0.3 is 9.84 Å². The molecule has 0 aliphatic heterocycles. The number of aliphatic hydroxyl groups is 1. The molecule has 0 aromatic carbocycles. The van der Waals surface area contributed by atoms with Gasteiger partial charge in [-0.25, -0.2) is 0 Å². The molecule has 0 amide bonds. The molecule has 1 saturated carbocycles. The van der Waals surface area contributed by atoms with Crippen LogP contribution in [0.25, 0.3) is 0 Å². The van der Waals surface area contributed by atoms with Crippen molar-refractivity contribution in [2.75, 3.05) is 26.8 Å². The highest BCUT2D eigenvalue weighted by atomic mass is 16.5. The van der Waals surface area contributed by atoms with Gasteiger partial charge in [-0.05, 0) is 38.0 Å². The topological polar surface area (TPSA) is 32.7 Å². The Balaban J connectivity index is 2.50. The Morgan fingerprint density at radius 1 is 1.41 bits per heavy atom. The molecular formula is C14H29NO2. The molecule has 102 valence electrons. The van der Waals surface area contributed by atoms with Crippen molar-refractivity contribution in [3.63, 3.8) is 0 Å². The van der Waals surface area contributed by atoms with Gasteiger partial charge in [-0.15, -0.1) is 0 Å². The van der Waals surface area contributed by atoms with E-state index in [1.165, 1.54) is 0 Å². The Hall–Kier alpha value is -0.120. The molecule has 1 fully saturated rings. The number of rotatable bonds is 6. The van der Waals surface area contributed by atoms with Crippen LogP contribution < -0.4 is 0 Å². The summed E-state index contributed by atoms with van der Waals surface area (Å²) >= 11 is 0. The van der Waals surface area contributed by atoms with Crippen molar-refractivity contribution in [3.05, 3.63) is 0 Å². The Labute approximate surface area is 106 Å². The smallest absolute Gasteiger partial charge is 0.0631 e. The first-order valence-corrected chi connectivity index (χ1v) is 6.79. The highest BCUT2D eigenvalue weighted by Gasteiger charge is 2.41. The summed E-state index contributed by atoms with van der Waals surface area (Å²) in [6.07, 6.45) is 2.12. The van der Waals surface area contributed by atoms with Crippen LogP contribution in [0, 0.1) is 11.3 Å². The molecule has 0 radical (unpaired) electrons. The van der Waals surface area contributed by atoms with Crippen molar-refractivity contribution in [3.8, 4) is 0 Å². The minimum atomic E-state index is -0.161. The maximum Gasteiger partial charge on any atom is 0.0631 e. The van der Waals surface area contributed by atoms with E-state index in [1.54, 1.807) is 7.11 Å². The molecule has 0 bridgehead atoms. The normalized spacial score (nSPS) is 28.2. The predicted octanol–water partition coefficient (Wildman–Crippen LogP) is 2.14. The summed E-state index contributed by atoms with van der Waals surface area (Å²) in [5.41, 5.74) is 0.0918. The maximum absolute atomic E-state index is 10.3. The summed E-state index contributed by atoms with van der Waals surface area (Å²) in [4.78, 5) is 2.42. The molecule has 0 heterocycles. The number of aliphatic hydroxyl groups excluding tert-OH is 1. The van der Waals surface area contributed by atoms with Crippen LogP contribution in [0.5, 0.6) is 0 Å². The van der Waals surface area contributed by atoms with E-state index in [4.69, 9.17) is 4.74 Å². The number of nitrogens with zero attached hydrogens (tertiary/aromatic N) is 1. The van der Waals surface area contributed by atoms with Crippen LogP contribution in [-0.4, -0.2) is 49.0 Å². The Bertz CT molecular complexity index is 228. The zero-order valence-electron chi connectivity index (χ0n) is 12.1. The Kier molecular flexibility index (Phi) is 5.42. The Morgan fingerprint density at radius 3 is 2.47 bits per heavy atom. The second kappa shape index (κ2) is 6.17. The summed E-state index contributed by atoms with van der Waals surface area (Å²) in [5.74, 6) is 0.421. The average Bonchev–Trinajstić information content (AvgIpc) is 2.50. The minimum Gasteiger partial charge on any atom is -0.392 e. The monoisotopic (exact) mass is 243 g/mol. The van der Waals surface area contributed by atoms with Gasteiger partial charge in [-0.1, -0.05) is 13.8 Å². The highest BCUT2D eigenvalue weighted by Crippen LogP contribution is 2.41. The molecule has 17 heavy (non-hydrogen) atoms.